The van der Waals surface area contributed by atoms with Gasteiger partial charge in [0, 0.05) is 0 Å². The smallest absolute Gasteiger partial charge is 0.256 e. The van der Waals surface area contributed by atoms with Crippen molar-refractivity contribution >= 4 is 11.8 Å². The Hall–Kier alpha value is -1.96. The van der Waals surface area contributed by atoms with E-state index in [0.29, 0.717) is 19.4 Å². The van der Waals surface area contributed by atoms with Crippen LogP contribution in [0.15, 0.2) is 30.3 Å². The molecule has 2 unspecified atom stereocenters. The molecule has 7 heteroatoms. The molecule has 0 saturated carbocycles. The summed E-state index contributed by atoms with van der Waals surface area (Å²) in [6.07, 6.45) is 2.39. The van der Waals surface area contributed by atoms with Gasteiger partial charge in [0.25, 0.3) is 5.91 Å². The van der Waals surface area contributed by atoms with Crippen LogP contribution in [0.2, 0.25) is 0 Å². The van der Waals surface area contributed by atoms with Crippen LogP contribution < -0.4 is 28.1 Å². The summed E-state index contributed by atoms with van der Waals surface area (Å²) in [6, 6.07) is 8.07. The van der Waals surface area contributed by atoms with Crippen molar-refractivity contribution in [2.75, 3.05) is 6.54 Å². The van der Waals surface area contributed by atoms with Crippen LogP contribution in [-0.2, 0) is 16.0 Å². The van der Waals surface area contributed by atoms with Crippen LogP contribution in [-0.4, -0.2) is 30.4 Å². The first-order chi connectivity index (χ1) is 10.6. The molecular weight excluding hydrogens is 282 g/mol. The zero-order valence-electron chi connectivity index (χ0n) is 12.6. The van der Waals surface area contributed by atoms with Gasteiger partial charge in [0.2, 0.25) is 5.91 Å². The van der Waals surface area contributed by atoms with Gasteiger partial charge in [-0.05, 0) is 37.8 Å². The molecule has 7 nitrogen and oxygen atoms in total. The Morgan fingerprint density at radius 3 is 2.36 bits per heavy atom. The molecule has 0 aliphatic carbocycles. The molecule has 0 bridgehead atoms. The summed E-state index contributed by atoms with van der Waals surface area (Å²) < 4.78 is 0. The normalized spacial score (nSPS) is 13.2. The van der Waals surface area contributed by atoms with Crippen molar-refractivity contribution in [2.24, 2.45) is 17.3 Å². The van der Waals surface area contributed by atoms with Gasteiger partial charge < -0.3 is 16.8 Å². The number of nitrogens with two attached hydrogens (primary N) is 3. The van der Waals surface area contributed by atoms with Crippen molar-refractivity contribution in [1.29, 1.82) is 0 Å². The Labute approximate surface area is 130 Å². The summed E-state index contributed by atoms with van der Waals surface area (Å²) in [5, 5.41) is 2.65. The maximum atomic E-state index is 12.1. The highest BCUT2D eigenvalue weighted by Gasteiger charge is 2.22. The largest absolute Gasteiger partial charge is 0.343 e. The Bertz CT molecular complexity index is 466. The Morgan fingerprint density at radius 1 is 1.09 bits per heavy atom. The minimum absolute atomic E-state index is 0.370. The highest BCUT2D eigenvalue weighted by atomic mass is 16.2. The second-order valence-corrected chi connectivity index (χ2v) is 5.15. The summed E-state index contributed by atoms with van der Waals surface area (Å²) in [6.45, 7) is 0.540. The summed E-state index contributed by atoms with van der Waals surface area (Å²) in [4.78, 5) is 23.8. The number of amides is 2. The number of hydrazine groups is 1. The van der Waals surface area contributed by atoms with Crippen LogP contribution in [0.1, 0.15) is 24.8 Å². The predicted octanol–water partition coefficient (Wildman–Crippen LogP) is -0.840. The third-order valence-electron chi connectivity index (χ3n) is 3.36. The van der Waals surface area contributed by atoms with Crippen LogP contribution in [0.5, 0.6) is 0 Å². The molecule has 0 spiro atoms. The number of carbonyl (C=O) groups is 2. The van der Waals surface area contributed by atoms with Crippen molar-refractivity contribution in [3.63, 3.8) is 0 Å². The van der Waals surface area contributed by atoms with Gasteiger partial charge in [-0.1, -0.05) is 30.3 Å². The average Bonchev–Trinajstić information content (AvgIpc) is 2.54. The van der Waals surface area contributed by atoms with E-state index in [2.05, 4.69) is 10.7 Å². The third kappa shape index (κ3) is 6.21. The van der Waals surface area contributed by atoms with E-state index < -0.39 is 18.0 Å². The van der Waals surface area contributed by atoms with Gasteiger partial charge in [0.1, 0.15) is 6.04 Å². The van der Waals surface area contributed by atoms with E-state index in [1.54, 1.807) is 0 Å². The molecule has 2 amide bonds. The average molecular weight is 307 g/mol. The molecule has 0 fully saturated rings. The summed E-state index contributed by atoms with van der Waals surface area (Å²) in [5.74, 6) is 4.34. The lowest BCUT2D eigenvalue weighted by Crippen LogP contribution is -2.53. The fourth-order valence-electron chi connectivity index (χ4n) is 2.10. The molecule has 0 saturated heterocycles. The van der Waals surface area contributed by atoms with E-state index in [9.17, 15) is 9.59 Å². The van der Waals surface area contributed by atoms with Gasteiger partial charge in [-0.2, -0.15) is 0 Å². The molecule has 8 N–H and O–H groups in total. The highest BCUT2D eigenvalue weighted by Crippen LogP contribution is 2.04. The number of hydrogen-bond donors (Lipinski definition) is 5. The van der Waals surface area contributed by atoms with Crippen molar-refractivity contribution in [3.8, 4) is 0 Å². The van der Waals surface area contributed by atoms with Crippen molar-refractivity contribution in [3.05, 3.63) is 35.9 Å². The van der Waals surface area contributed by atoms with Crippen molar-refractivity contribution in [2.45, 2.75) is 37.8 Å². The third-order valence-corrected chi connectivity index (χ3v) is 3.36. The predicted molar refractivity (Wildman–Crippen MR) is 85.3 cm³/mol. The Morgan fingerprint density at radius 2 is 1.77 bits per heavy atom. The fraction of sp³-hybridized carbons (Fsp3) is 0.467. The topological polar surface area (TPSA) is 136 Å². The standard InChI is InChI=1S/C15H25N5O2/c16-9-5-4-8-13(15(22)20-18)19-14(21)12(17)10-11-6-2-1-3-7-11/h1-3,6-7,12-13H,4-5,8-10,16-18H2,(H,19,21)(H,20,22). The van der Waals surface area contributed by atoms with Gasteiger partial charge >= 0.3 is 0 Å². The van der Waals surface area contributed by atoms with Crippen molar-refractivity contribution < 1.29 is 9.59 Å². The highest BCUT2D eigenvalue weighted by molar-refractivity contribution is 5.89. The summed E-state index contributed by atoms with van der Waals surface area (Å²) in [5.41, 5.74) is 14.4. The number of benzene rings is 1. The first kappa shape index (κ1) is 18.1. The summed E-state index contributed by atoms with van der Waals surface area (Å²) >= 11 is 0. The first-order valence-electron chi connectivity index (χ1n) is 7.39. The fourth-order valence-corrected chi connectivity index (χ4v) is 2.10. The summed E-state index contributed by atoms with van der Waals surface area (Å²) in [7, 11) is 0. The zero-order valence-corrected chi connectivity index (χ0v) is 12.6. The Kier molecular flexibility index (Phi) is 8.13. The monoisotopic (exact) mass is 307 g/mol. The molecular formula is C15H25N5O2. The minimum atomic E-state index is -0.718. The van der Waals surface area contributed by atoms with Crippen LogP contribution in [0, 0.1) is 0 Å². The number of rotatable bonds is 9. The SMILES string of the molecule is NCCCCC(NC(=O)C(N)Cc1ccccc1)C(=O)NN. The van der Waals surface area contributed by atoms with Crippen LogP contribution in [0.4, 0.5) is 0 Å². The van der Waals surface area contributed by atoms with Gasteiger partial charge in [-0.3, -0.25) is 15.0 Å². The van der Waals surface area contributed by atoms with Gasteiger partial charge in [-0.25, -0.2) is 5.84 Å². The van der Waals surface area contributed by atoms with E-state index in [1.165, 1.54) is 0 Å². The molecule has 2 atom stereocenters. The number of unbranched alkanes of at least 4 members (excludes halogenated alkanes) is 1. The maximum absolute atomic E-state index is 12.1. The lowest BCUT2D eigenvalue weighted by molar-refractivity contribution is -0.129. The van der Waals surface area contributed by atoms with E-state index >= 15 is 0 Å². The van der Waals surface area contributed by atoms with E-state index in [4.69, 9.17) is 17.3 Å². The second-order valence-electron chi connectivity index (χ2n) is 5.15. The molecule has 0 aliphatic rings. The molecule has 0 aromatic heterocycles. The maximum Gasteiger partial charge on any atom is 0.256 e. The van der Waals surface area contributed by atoms with Gasteiger partial charge in [0.05, 0.1) is 6.04 Å². The van der Waals surface area contributed by atoms with E-state index in [1.807, 2.05) is 30.3 Å². The minimum Gasteiger partial charge on any atom is -0.343 e. The van der Waals surface area contributed by atoms with Crippen LogP contribution >= 0.6 is 0 Å². The van der Waals surface area contributed by atoms with Crippen LogP contribution in [0.25, 0.3) is 0 Å². The van der Waals surface area contributed by atoms with E-state index in [-0.39, 0.29) is 5.91 Å². The quantitative estimate of drug-likeness (QED) is 0.175. The number of hydrogen-bond acceptors (Lipinski definition) is 5. The number of nitrogens with one attached hydrogen (secondary N) is 2. The van der Waals surface area contributed by atoms with Gasteiger partial charge in [-0.15, -0.1) is 0 Å². The molecule has 22 heavy (non-hydrogen) atoms. The molecule has 1 rings (SSSR count). The zero-order chi connectivity index (χ0) is 16.4. The second kappa shape index (κ2) is 9.88. The van der Waals surface area contributed by atoms with Crippen molar-refractivity contribution in [1.82, 2.24) is 10.7 Å². The lowest BCUT2D eigenvalue weighted by atomic mass is 10.0. The molecule has 122 valence electrons. The molecule has 0 aliphatic heterocycles. The van der Waals surface area contributed by atoms with Crippen LogP contribution in [0.3, 0.4) is 0 Å². The first-order valence-corrected chi connectivity index (χ1v) is 7.39. The molecule has 1 aromatic carbocycles. The number of carbonyl (C=O) groups excluding carboxylic acids is 2. The lowest BCUT2D eigenvalue weighted by Gasteiger charge is -2.19. The molecule has 0 heterocycles. The van der Waals surface area contributed by atoms with E-state index in [0.717, 1.165) is 18.4 Å². The molecule has 0 radical (unpaired) electrons. The molecule has 1 aromatic rings. The van der Waals surface area contributed by atoms with Gasteiger partial charge in [0.15, 0.2) is 0 Å². The Balaban J connectivity index is 2.55.